The predicted octanol–water partition coefficient (Wildman–Crippen LogP) is 3.74. The highest BCUT2D eigenvalue weighted by Gasteiger charge is 2.40. The fraction of sp³-hybridized carbons (Fsp3) is 0.769. The summed E-state index contributed by atoms with van der Waals surface area (Å²) in [6.07, 6.45) is 5.63. The summed E-state index contributed by atoms with van der Waals surface area (Å²) in [5, 5.41) is 0. The number of hydrogen-bond acceptors (Lipinski definition) is 1. The summed E-state index contributed by atoms with van der Waals surface area (Å²) >= 11 is 0. The average Bonchev–Trinajstić information content (AvgIpc) is 2.51. The van der Waals surface area contributed by atoms with Crippen LogP contribution >= 0.6 is 0 Å². The van der Waals surface area contributed by atoms with Gasteiger partial charge in [-0.1, -0.05) is 33.3 Å². The van der Waals surface area contributed by atoms with E-state index in [1.165, 1.54) is 12.8 Å². The Morgan fingerprint density at radius 3 is 2.21 bits per heavy atom. The molecule has 0 aromatic rings. The van der Waals surface area contributed by atoms with Crippen molar-refractivity contribution in [2.45, 2.75) is 52.9 Å². The third-order valence-electron chi connectivity index (χ3n) is 3.23. The van der Waals surface area contributed by atoms with E-state index in [0.29, 0.717) is 11.7 Å². The Morgan fingerprint density at radius 2 is 1.86 bits per heavy atom. The van der Waals surface area contributed by atoms with Gasteiger partial charge in [0.2, 0.25) is 0 Å². The summed E-state index contributed by atoms with van der Waals surface area (Å²) in [7, 11) is 0. The first kappa shape index (κ1) is 11.5. The van der Waals surface area contributed by atoms with Crippen molar-refractivity contribution in [3.63, 3.8) is 0 Å². The summed E-state index contributed by atoms with van der Waals surface area (Å²) in [4.78, 5) is 12.1. The Kier molecular flexibility index (Phi) is 3.52. The molecule has 0 aliphatic heterocycles. The molecule has 0 aromatic carbocycles. The summed E-state index contributed by atoms with van der Waals surface area (Å²) in [6.45, 7) is 10.1. The van der Waals surface area contributed by atoms with Crippen LogP contribution in [0.4, 0.5) is 0 Å². The van der Waals surface area contributed by atoms with Crippen molar-refractivity contribution in [3.05, 3.63) is 12.2 Å². The molecule has 0 atom stereocenters. The lowest BCUT2D eigenvalue weighted by Gasteiger charge is -2.29. The number of carbonyl (C=O) groups is 1. The van der Waals surface area contributed by atoms with Crippen LogP contribution in [0.5, 0.6) is 0 Å². The van der Waals surface area contributed by atoms with E-state index in [1.807, 2.05) is 6.92 Å². The van der Waals surface area contributed by atoms with Gasteiger partial charge in [0.1, 0.15) is 0 Å². The van der Waals surface area contributed by atoms with Gasteiger partial charge in [-0.3, -0.25) is 4.79 Å². The van der Waals surface area contributed by atoms with Crippen LogP contribution in [0.15, 0.2) is 12.2 Å². The minimum absolute atomic E-state index is 0.0417. The molecule has 0 amide bonds. The first-order chi connectivity index (χ1) is 6.48. The first-order valence-corrected chi connectivity index (χ1v) is 5.68. The molecular weight excluding hydrogens is 172 g/mol. The predicted molar refractivity (Wildman–Crippen MR) is 60.2 cm³/mol. The van der Waals surface area contributed by atoms with Crippen molar-refractivity contribution in [1.29, 1.82) is 0 Å². The first-order valence-electron chi connectivity index (χ1n) is 5.68. The van der Waals surface area contributed by atoms with Gasteiger partial charge in [0.15, 0.2) is 5.78 Å². The summed E-state index contributed by atoms with van der Waals surface area (Å²) in [5.41, 5.74) is 0.701. The van der Waals surface area contributed by atoms with Crippen molar-refractivity contribution in [2.24, 2.45) is 11.3 Å². The Balaban J connectivity index is 2.81. The van der Waals surface area contributed by atoms with Gasteiger partial charge in [-0.15, -0.1) is 0 Å². The van der Waals surface area contributed by atoms with Crippen molar-refractivity contribution in [3.8, 4) is 0 Å². The largest absolute Gasteiger partial charge is 0.294 e. The van der Waals surface area contributed by atoms with E-state index >= 15 is 0 Å². The lowest BCUT2D eigenvalue weighted by molar-refractivity contribution is -0.125. The molecular formula is C13H22O. The fourth-order valence-corrected chi connectivity index (χ4v) is 2.81. The third-order valence-corrected chi connectivity index (χ3v) is 3.23. The Morgan fingerprint density at radius 1 is 1.36 bits per heavy atom. The molecule has 1 saturated carbocycles. The number of carbonyl (C=O) groups excluding carboxylic acids is 1. The van der Waals surface area contributed by atoms with Gasteiger partial charge in [0, 0.05) is 5.41 Å². The maximum Gasteiger partial charge on any atom is 0.164 e. The van der Waals surface area contributed by atoms with E-state index in [4.69, 9.17) is 0 Å². The molecule has 80 valence electrons. The van der Waals surface area contributed by atoms with E-state index < -0.39 is 0 Å². The molecule has 1 aliphatic rings. The smallest absolute Gasteiger partial charge is 0.164 e. The molecule has 0 bridgehead atoms. The average molecular weight is 194 g/mol. The van der Waals surface area contributed by atoms with Crippen LogP contribution in [0.3, 0.4) is 0 Å². The van der Waals surface area contributed by atoms with Crippen molar-refractivity contribution < 1.29 is 4.79 Å². The summed E-state index contributed by atoms with van der Waals surface area (Å²) in [5.74, 6) is 0.931. The Hall–Kier alpha value is -0.590. The van der Waals surface area contributed by atoms with Crippen LogP contribution in [0.25, 0.3) is 0 Å². The van der Waals surface area contributed by atoms with Gasteiger partial charge in [0.05, 0.1) is 0 Å². The van der Waals surface area contributed by atoms with Crippen LogP contribution in [-0.4, -0.2) is 5.78 Å². The normalized spacial score (nSPS) is 20.0. The lowest BCUT2D eigenvalue weighted by Crippen LogP contribution is -2.30. The fourth-order valence-electron chi connectivity index (χ4n) is 2.81. The number of hydrogen-bond donors (Lipinski definition) is 0. The number of Topliss-reactive ketones (excluding diaryl/α,β-unsaturated/α-hetero) is 1. The van der Waals surface area contributed by atoms with Gasteiger partial charge in [-0.2, -0.15) is 0 Å². The second-order valence-electron chi connectivity index (χ2n) is 5.19. The summed E-state index contributed by atoms with van der Waals surface area (Å²) in [6, 6.07) is 0. The molecule has 0 saturated heterocycles. The molecule has 1 aliphatic carbocycles. The van der Waals surface area contributed by atoms with Gasteiger partial charge >= 0.3 is 0 Å². The second-order valence-corrected chi connectivity index (χ2v) is 5.19. The molecule has 0 spiro atoms. The van der Waals surface area contributed by atoms with Crippen LogP contribution < -0.4 is 0 Å². The van der Waals surface area contributed by atoms with Crippen LogP contribution in [-0.2, 0) is 4.79 Å². The van der Waals surface area contributed by atoms with Crippen LogP contribution in [0.1, 0.15) is 52.9 Å². The van der Waals surface area contributed by atoms with Gasteiger partial charge in [-0.05, 0) is 37.7 Å². The molecule has 0 unspecified atom stereocenters. The molecule has 1 heteroatoms. The molecule has 1 nitrogen and oxygen atoms in total. The van der Waals surface area contributed by atoms with Crippen molar-refractivity contribution in [2.75, 3.05) is 0 Å². The number of ketones is 1. The molecule has 0 aromatic heterocycles. The number of allylic oxidation sites excluding steroid dienone is 1. The maximum atomic E-state index is 12.1. The number of rotatable bonds is 4. The minimum atomic E-state index is -0.0417. The lowest BCUT2D eigenvalue weighted by atomic mass is 9.73. The minimum Gasteiger partial charge on any atom is -0.294 e. The topological polar surface area (TPSA) is 17.1 Å². The molecule has 1 fully saturated rings. The standard InChI is InChI=1S/C13H22O/c1-10(2)9-13(7-5-6-8-13)12(14)11(3)4/h10H,3,5-9H2,1-2,4H3. The van der Waals surface area contributed by atoms with Crippen LogP contribution in [0, 0.1) is 11.3 Å². The highest BCUT2D eigenvalue weighted by molar-refractivity contribution is 5.99. The SMILES string of the molecule is C=C(C)C(=O)C1(CC(C)C)CCCC1. The van der Waals surface area contributed by atoms with E-state index in [-0.39, 0.29) is 5.41 Å². The van der Waals surface area contributed by atoms with Crippen molar-refractivity contribution in [1.82, 2.24) is 0 Å². The zero-order valence-corrected chi connectivity index (χ0v) is 9.73. The maximum absolute atomic E-state index is 12.1. The van der Waals surface area contributed by atoms with Gasteiger partial charge < -0.3 is 0 Å². The Labute approximate surface area is 87.6 Å². The van der Waals surface area contributed by atoms with Gasteiger partial charge in [0.25, 0.3) is 0 Å². The second kappa shape index (κ2) is 4.29. The zero-order chi connectivity index (χ0) is 10.8. The summed E-state index contributed by atoms with van der Waals surface area (Å²) < 4.78 is 0. The molecule has 14 heavy (non-hydrogen) atoms. The van der Waals surface area contributed by atoms with Crippen molar-refractivity contribution >= 4 is 5.78 Å². The zero-order valence-electron chi connectivity index (χ0n) is 9.73. The molecule has 0 N–H and O–H groups in total. The Bertz CT molecular complexity index is 232. The monoisotopic (exact) mass is 194 g/mol. The van der Waals surface area contributed by atoms with Crippen LogP contribution in [0.2, 0.25) is 0 Å². The van der Waals surface area contributed by atoms with E-state index in [9.17, 15) is 4.79 Å². The quantitative estimate of drug-likeness (QED) is 0.623. The third kappa shape index (κ3) is 2.26. The van der Waals surface area contributed by atoms with E-state index in [0.717, 1.165) is 24.8 Å². The highest BCUT2D eigenvalue weighted by Crippen LogP contribution is 2.45. The van der Waals surface area contributed by atoms with Gasteiger partial charge in [-0.25, -0.2) is 0 Å². The molecule has 0 heterocycles. The highest BCUT2D eigenvalue weighted by atomic mass is 16.1. The molecule has 1 rings (SSSR count). The van der Waals surface area contributed by atoms with E-state index in [2.05, 4.69) is 20.4 Å². The molecule has 0 radical (unpaired) electrons. The van der Waals surface area contributed by atoms with E-state index in [1.54, 1.807) is 0 Å².